The Kier molecular flexibility index (Phi) is 14.5. The quantitative estimate of drug-likeness (QED) is 0.156. The van der Waals surface area contributed by atoms with Gasteiger partial charge in [-0.25, -0.2) is 0 Å². The number of fused-ring (bicyclic) bond motifs is 30. The first-order valence-electron chi connectivity index (χ1n) is 41.6. The van der Waals surface area contributed by atoms with Gasteiger partial charge in [0.15, 0.2) is 0 Å². The number of hydrogen-bond donors (Lipinski definition) is 0. The maximum absolute atomic E-state index is 8.69. The van der Waals surface area contributed by atoms with Gasteiger partial charge in [0, 0.05) is 111 Å². The van der Waals surface area contributed by atoms with E-state index in [0.29, 0.717) is 5.56 Å². The molecule has 6 aromatic heterocycles. The fourth-order valence-electron chi connectivity index (χ4n) is 18.4. The van der Waals surface area contributed by atoms with Crippen LogP contribution in [0.25, 0.3) is 233 Å². The minimum Gasteiger partial charge on any atom is -0.309 e. The van der Waals surface area contributed by atoms with Crippen molar-refractivity contribution in [1.29, 1.82) is 0 Å². The molecule has 0 fully saturated rings. The molecule has 116 heavy (non-hydrogen) atoms. The minimum absolute atomic E-state index is 0.205. The highest BCUT2D eigenvalue weighted by molar-refractivity contribution is 7.25. The third-order valence-corrected chi connectivity index (χ3v) is 24.6. The molecule has 0 saturated carbocycles. The minimum atomic E-state index is -0.394. The Balaban J connectivity index is 0.000000106. The molecule has 0 bridgehead atoms. The molecule has 0 aliphatic carbocycles. The number of nitrogens with zero attached hydrogens (tertiary/aromatic N) is 5. The van der Waals surface area contributed by atoms with E-state index in [1.807, 2.05) is 109 Å². The summed E-state index contributed by atoms with van der Waals surface area (Å²) in [6.45, 7) is 0. The Labute approximate surface area is 678 Å². The molecule has 0 N–H and O–H groups in total. The lowest BCUT2D eigenvalue weighted by Gasteiger charge is -2.16. The van der Waals surface area contributed by atoms with Crippen molar-refractivity contribution in [3.63, 3.8) is 0 Å². The first-order chi connectivity index (χ1) is 59.6. The summed E-state index contributed by atoms with van der Waals surface area (Å²) in [5.41, 5.74) is 16.7. The van der Waals surface area contributed by atoms with Gasteiger partial charge in [-0.15, -0.1) is 11.3 Å². The molecule has 0 radical (unpaired) electrons. The molecule has 0 atom stereocenters. The van der Waals surface area contributed by atoms with Gasteiger partial charge in [-0.3, -0.25) is 19.9 Å². The molecule has 25 aromatic rings. The smallest absolute Gasteiger partial charge is 0.0787 e. The van der Waals surface area contributed by atoms with E-state index < -0.39 is 6.04 Å². The van der Waals surface area contributed by atoms with E-state index in [-0.39, 0.29) is 29.7 Å². The summed E-state index contributed by atoms with van der Waals surface area (Å²) in [5.74, 6) is 0. The topological polar surface area (TPSA) is 56.5 Å². The van der Waals surface area contributed by atoms with Crippen LogP contribution in [0.3, 0.4) is 0 Å². The van der Waals surface area contributed by atoms with Gasteiger partial charge in [-0.1, -0.05) is 297 Å². The summed E-state index contributed by atoms with van der Waals surface area (Å²) in [6.07, 6.45) is 9.70. The summed E-state index contributed by atoms with van der Waals surface area (Å²) in [4.78, 5) is 19.4. The second kappa shape index (κ2) is 27.4. The second-order valence-electron chi connectivity index (χ2n) is 29.8. The first-order valence-corrected chi connectivity index (χ1v) is 39.9. The molecule has 5 nitrogen and oxygen atoms in total. The number of rotatable bonds is 6. The van der Waals surface area contributed by atoms with Gasteiger partial charge in [-0.2, -0.15) is 0 Å². The third kappa shape index (κ3) is 10.8. The van der Waals surface area contributed by atoms with E-state index in [1.54, 1.807) is 0 Å². The summed E-state index contributed by atoms with van der Waals surface area (Å²) >= 11 is 1.88. The molecule has 0 aliphatic heterocycles. The van der Waals surface area contributed by atoms with Gasteiger partial charge in [0.25, 0.3) is 0 Å². The fraction of sp³-hybridized carbons (Fsp3) is 0. The highest BCUT2D eigenvalue weighted by Gasteiger charge is 2.23. The molecule has 19 aromatic carbocycles. The third-order valence-electron chi connectivity index (χ3n) is 23.5. The monoisotopic (exact) mass is 1490 g/mol. The zero-order valence-corrected chi connectivity index (χ0v) is 63.3. The molecular formula is C110H67N5S. The molecule has 0 saturated heterocycles. The summed E-state index contributed by atoms with van der Waals surface area (Å²) in [5, 5.41) is 29.1. The van der Waals surface area contributed by atoms with E-state index in [9.17, 15) is 0 Å². The highest BCUT2D eigenvalue weighted by atomic mass is 32.1. The lowest BCUT2D eigenvalue weighted by Crippen LogP contribution is -1.93. The van der Waals surface area contributed by atoms with Crippen LogP contribution in [0, 0.1) is 0 Å². The molecule has 0 aliphatic rings. The van der Waals surface area contributed by atoms with Crippen LogP contribution in [0.2, 0.25) is 0 Å². The molecular weight excluding hydrogens is 1420 g/mol. The average Bonchev–Trinajstić information content (AvgIpc) is 1.34. The molecule has 25 rings (SSSR count). The van der Waals surface area contributed by atoms with Crippen LogP contribution in [-0.2, 0) is 0 Å². The fourth-order valence-corrected chi connectivity index (χ4v) is 19.5. The van der Waals surface area contributed by atoms with Crippen molar-refractivity contribution >= 4 is 183 Å². The van der Waals surface area contributed by atoms with Crippen LogP contribution >= 0.6 is 11.3 Å². The molecule has 6 heteroatoms. The zero-order chi connectivity index (χ0) is 80.7. The van der Waals surface area contributed by atoms with E-state index >= 15 is 0 Å². The van der Waals surface area contributed by atoms with Gasteiger partial charge in [0.1, 0.15) is 0 Å². The SMILES string of the molecule is [2H]c1c([2H])c([2H])c(-c2cc3c4ccccc4c4ncc(-c5ccccc5)cc4c3c3ccccc23)c([2H])c1[2H].c1ccc(-c2cnc3c4ccccc4c4cc(-c5ccc6c(c5)sc5ccccc56)c5ccccc5c4c3c2)cc1.c1ccc(-n2c3ccncc3c3cc(-c4cc5c6ccccc6c6ncccc6c5c5ccccc45)ccc32)cc1. The Morgan fingerprint density at radius 2 is 0.629 bits per heavy atom. The maximum Gasteiger partial charge on any atom is 0.0787 e. The number of para-hydroxylation sites is 1. The van der Waals surface area contributed by atoms with Crippen molar-refractivity contribution in [3.8, 4) is 61.3 Å². The molecule has 6 heterocycles. The molecule has 0 amide bonds. The first kappa shape index (κ1) is 61.6. The molecule has 538 valence electrons. The number of benzene rings is 19. The van der Waals surface area contributed by atoms with E-state index in [4.69, 9.17) is 21.8 Å². The van der Waals surface area contributed by atoms with Crippen molar-refractivity contribution in [3.05, 3.63) is 407 Å². The van der Waals surface area contributed by atoms with Crippen molar-refractivity contribution in [2.24, 2.45) is 0 Å². The van der Waals surface area contributed by atoms with Gasteiger partial charge >= 0.3 is 0 Å². The summed E-state index contributed by atoms with van der Waals surface area (Å²) in [6, 6.07) is 121. The van der Waals surface area contributed by atoms with Gasteiger partial charge < -0.3 is 4.57 Å². The van der Waals surface area contributed by atoms with Crippen molar-refractivity contribution in [1.82, 2.24) is 24.5 Å². The average molecular weight is 1500 g/mol. The zero-order valence-electron chi connectivity index (χ0n) is 67.4. The Hall–Kier alpha value is -15.1. The lowest BCUT2D eigenvalue weighted by atomic mass is 9.88. The molecule has 0 unspecified atom stereocenters. The van der Waals surface area contributed by atoms with Crippen molar-refractivity contribution in [2.75, 3.05) is 0 Å². The summed E-state index contributed by atoms with van der Waals surface area (Å²) in [7, 11) is 0. The van der Waals surface area contributed by atoms with Crippen LogP contribution in [0.15, 0.2) is 407 Å². The van der Waals surface area contributed by atoms with Gasteiger partial charge in [0.05, 0.1) is 34.4 Å². The van der Waals surface area contributed by atoms with Crippen molar-refractivity contribution < 1.29 is 6.85 Å². The predicted molar refractivity (Wildman–Crippen MR) is 495 cm³/mol. The van der Waals surface area contributed by atoms with Crippen LogP contribution in [0.5, 0.6) is 0 Å². The number of hydrogen-bond acceptors (Lipinski definition) is 5. The Morgan fingerprint density at radius 1 is 0.224 bits per heavy atom. The number of pyridine rings is 4. The second-order valence-corrected chi connectivity index (χ2v) is 30.9. The maximum atomic E-state index is 8.69. The number of thiophene rings is 1. The van der Waals surface area contributed by atoms with E-state index in [2.05, 4.69) is 289 Å². The largest absolute Gasteiger partial charge is 0.309 e. The normalized spacial score (nSPS) is 12.4. The Morgan fingerprint density at radius 3 is 1.17 bits per heavy atom. The predicted octanol–water partition coefficient (Wildman–Crippen LogP) is 30.3. The Bertz CT molecular complexity index is 8640. The van der Waals surface area contributed by atoms with Crippen LogP contribution in [0.4, 0.5) is 0 Å². The van der Waals surface area contributed by atoms with Crippen LogP contribution < -0.4 is 0 Å². The van der Waals surface area contributed by atoms with Gasteiger partial charge in [-0.05, 0) is 204 Å². The number of aromatic nitrogens is 5. The highest BCUT2D eigenvalue weighted by Crippen LogP contribution is 2.49. The standard InChI is InChI=1S/C39H23NS.C38H23N3.C33H21N/c1-2-10-24(11-3-1)26-20-35-38-31-15-6-4-12-27(31)33(22-34(38)28-13-5-7-16-32(28)39(35)40-23-26)25-18-19-30-29-14-8-9-17-36(29)41-37(30)21-25;1-2-9-25(10-3-1)41-35-17-16-24(21-32(35)34-23-39-20-18-36(34)41)31-22-33-27-12-5-7-14-29(27)38-30(15-8-19-40-38)37(33)28-13-6-4-11-26(28)31;1-3-11-22(12-4-1)24-19-31-32-27-17-9-7-15-25(27)29(23-13-5-2-6-14-23)20-30(32)26-16-8-10-18-28(26)33(31)34-21-24/h2*1-23H;1-21H/i;;2D,5D,6D,13D,14D. The van der Waals surface area contributed by atoms with E-state index in [0.717, 1.165) is 87.5 Å². The lowest BCUT2D eigenvalue weighted by molar-refractivity contribution is 1.17. The van der Waals surface area contributed by atoms with Crippen molar-refractivity contribution in [2.45, 2.75) is 0 Å². The summed E-state index contributed by atoms with van der Waals surface area (Å²) < 4.78 is 47.0. The van der Waals surface area contributed by atoms with Crippen LogP contribution in [0.1, 0.15) is 6.85 Å². The van der Waals surface area contributed by atoms with Crippen LogP contribution in [-0.4, -0.2) is 24.5 Å². The molecule has 0 spiro atoms. The van der Waals surface area contributed by atoms with E-state index in [1.165, 1.54) is 134 Å². The van der Waals surface area contributed by atoms with Gasteiger partial charge in [0.2, 0.25) is 0 Å².